The van der Waals surface area contributed by atoms with E-state index in [4.69, 9.17) is 14.4 Å². The summed E-state index contributed by atoms with van der Waals surface area (Å²) in [4.78, 5) is 29.5. The summed E-state index contributed by atoms with van der Waals surface area (Å²) in [6.07, 6.45) is 0. The van der Waals surface area contributed by atoms with E-state index in [-0.39, 0.29) is 11.4 Å². The van der Waals surface area contributed by atoms with Gasteiger partial charge in [-0.3, -0.25) is 9.36 Å². The molecule has 228 valence electrons. The van der Waals surface area contributed by atoms with E-state index in [1.807, 2.05) is 78.9 Å². The normalized spacial score (nSPS) is 12.2. The van der Waals surface area contributed by atoms with Crippen molar-refractivity contribution in [3.05, 3.63) is 150 Å². The number of nitrogens with zero attached hydrogens (tertiary/aromatic N) is 5. The largest absolute Gasteiger partial charge is 0.424 e. The fourth-order valence-electron chi connectivity index (χ4n) is 7.57. The molecule has 11 rings (SSSR count). The van der Waals surface area contributed by atoms with Crippen LogP contribution < -0.4 is 5.56 Å². The quantitative estimate of drug-likeness (QED) is 0.178. The molecule has 7 aromatic carbocycles. The van der Waals surface area contributed by atoms with E-state index in [9.17, 15) is 4.79 Å². The summed E-state index contributed by atoms with van der Waals surface area (Å²) in [5, 5.41) is 7.91. The third kappa shape index (κ3) is 3.61. The van der Waals surface area contributed by atoms with Gasteiger partial charge in [-0.25, -0.2) is 14.4 Å². The van der Waals surface area contributed by atoms with Crippen molar-refractivity contribution in [1.82, 2.24) is 23.9 Å². The van der Waals surface area contributed by atoms with Gasteiger partial charge in [0.15, 0.2) is 0 Å². The van der Waals surface area contributed by atoms with E-state index in [0.717, 1.165) is 44.0 Å². The number of imidazole rings is 1. The van der Waals surface area contributed by atoms with E-state index in [1.165, 1.54) is 21.5 Å². The second-order valence-corrected chi connectivity index (χ2v) is 12.4. The van der Waals surface area contributed by atoms with Gasteiger partial charge in [-0.15, -0.1) is 0 Å². The Morgan fingerprint density at radius 2 is 1.20 bits per heavy atom. The van der Waals surface area contributed by atoms with Crippen LogP contribution in [0.2, 0.25) is 0 Å². The van der Waals surface area contributed by atoms with Crippen LogP contribution in [0.4, 0.5) is 0 Å². The molecule has 0 bridgehead atoms. The van der Waals surface area contributed by atoms with Crippen molar-refractivity contribution in [3.63, 3.8) is 0 Å². The Hall–Kier alpha value is -6.86. The van der Waals surface area contributed by atoms with Crippen LogP contribution in [0.1, 0.15) is 0 Å². The third-order valence-corrected chi connectivity index (χ3v) is 9.76. The number of para-hydroxylation sites is 4. The Morgan fingerprint density at radius 1 is 0.510 bits per heavy atom. The number of fused-ring (bicyclic) bond motifs is 12. The highest BCUT2D eigenvalue weighted by atomic mass is 16.4. The van der Waals surface area contributed by atoms with Gasteiger partial charge < -0.3 is 4.42 Å². The highest BCUT2D eigenvalue weighted by Gasteiger charge is 2.22. The number of benzene rings is 7. The van der Waals surface area contributed by atoms with Gasteiger partial charge >= 0.3 is 5.84 Å². The Balaban J connectivity index is 1.24. The molecule has 0 amide bonds. The number of rotatable bonds is 2. The lowest BCUT2D eigenvalue weighted by atomic mass is 9.98. The Labute approximate surface area is 276 Å². The summed E-state index contributed by atoms with van der Waals surface area (Å²) >= 11 is 0. The molecule has 11 aromatic rings. The fraction of sp³-hybridized carbons (Fsp3) is 0. The Kier molecular flexibility index (Phi) is 5.13. The molecule has 0 N–H and O–H groups in total. The first-order chi connectivity index (χ1) is 24.2. The monoisotopic (exact) mass is 629 g/mol. The summed E-state index contributed by atoms with van der Waals surface area (Å²) < 4.78 is 9.92. The molecule has 0 saturated heterocycles. The summed E-state index contributed by atoms with van der Waals surface area (Å²) in [7, 11) is 0. The first-order valence-electron chi connectivity index (χ1n) is 16.2. The maximum atomic E-state index is 14.4. The lowest BCUT2D eigenvalue weighted by Gasteiger charge is -2.13. The second kappa shape index (κ2) is 9.59. The minimum absolute atomic E-state index is 0.179. The average molecular weight is 630 g/mol. The molecule has 0 atom stereocenters. The van der Waals surface area contributed by atoms with Gasteiger partial charge in [0.1, 0.15) is 5.58 Å². The fourth-order valence-corrected chi connectivity index (χ4v) is 7.57. The third-order valence-electron chi connectivity index (χ3n) is 9.76. The zero-order chi connectivity index (χ0) is 32.2. The first kappa shape index (κ1) is 26.2. The lowest BCUT2D eigenvalue weighted by molar-refractivity contribution is 0.617. The molecule has 7 heteroatoms. The SMILES string of the molecule is O=c1c2c(ccc3c2c2ccccc2n3-c2nc(-c3ccc4ccc5ccccc5c4c3)c3ccccc3n2)oc2nc3ccccc3n12. The summed E-state index contributed by atoms with van der Waals surface area (Å²) in [6, 6.07) is 47.0. The molecular weight excluding hydrogens is 606 g/mol. The van der Waals surface area contributed by atoms with Crippen LogP contribution in [0.5, 0.6) is 0 Å². The van der Waals surface area contributed by atoms with Gasteiger partial charge in [0.2, 0.25) is 5.95 Å². The topological polar surface area (TPSA) is 78.2 Å². The van der Waals surface area contributed by atoms with E-state index >= 15 is 0 Å². The molecule has 0 unspecified atom stereocenters. The summed E-state index contributed by atoms with van der Waals surface area (Å²) in [5.41, 5.74) is 6.10. The lowest BCUT2D eigenvalue weighted by Crippen LogP contribution is -2.12. The van der Waals surface area contributed by atoms with E-state index in [1.54, 1.807) is 4.40 Å². The van der Waals surface area contributed by atoms with Crippen LogP contribution in [0.25, 0.3) is 99.3 Å². The predicted molar refractivity (Wildman–Crippen MR) is 197 cm³/mol. The van der Waals surface area contributed by atoms with Crippen molar-refractivity contribution in [2.24, 2.45) is 0 Å². The van der Waals surface area contributed by atoms with Gasteiger partial charge in [0.05, 0.1) is 38.7 Å². The summed E-state index contributed by atoms with van der Waals surface area (Å²) in [5.74, 6) is 0.795. The van der Waals surface area contributed by atoms with Crippen molar-refractivity contribution in [2.45, 2.75) is 0 Å². The number of aromatic nitrogens is 5. The molecule has 0 aliphatic rings. The Morgan fingerprint density at radius 3 is 2.08 bits per heavy atom. The molecule has 0 fully saturated rings. The summed E-state index contributed by atoms with van der Waals surface area (Å²) in [6.45, 7) is 0. The maximum absolute atomic E-state index is 14.4. The van der Waals surface area contributed by atoms with Crippen LogP contribution in [0.15, 0.2) is 149 Å². The van der Waals surface area contributed by atoms with Gasteiger partial charge in [0.25, 0.3) is 5.56 Å². The zero-order valence-corrected chi connectivity index (χ0v) is 25.8. The molecule has 0 radical (unpaired) electrons. The molecule has 4 heterocycles. The van der Waals surface area contributed by atoms with Crippen molar-refractivity contribution < 1.29 is 4.42 Å². The molecule has 49 heavy (non-hydrogen) atoms. The van der Waals surface area contributed by atoms with E-state index in [0.29, 0.717) is 28.0 Å². The van der Waals surface area contributed by atoms with Crippen LogP contribution in [-0.2, 0) is 0 Å². The molecule has 7 nitrogen and oxygen atoms in total. The highest BCUT2D eigenvalue weighted by Crippen LogP contribution is 2.38. The van der Waals surface area contributed by atoms with Crippen molar-refractivity contribution in [1.29, 1.82) is 0 Å². The molecule has 0 aliphatic carbocycles. The van der Waals surface area contributed by atoms with Crippen LogP contribution >= 0.6 is 0 Å². The van der Waals surface area contributed by atoms with Crippen molar-refractivity contribution in [2.75, 3.05) is 0 Å². The van der Waals surface area contributed by atoms with Crippen molar-refractivity contribution >= 4 is 82.1 Å². The van der Waals surface area contributed by atoms with Crippen LogP contribution in [-0.4, -0.2) is 23.9 Å². The van der Waals surface area contributed by atoms with Crippen LogP contribution in [0, 0.1) is 0 Å². The molecule has 0 aliphatic heterocycles. The molecule has 0 saturated carbocycles. The molecule has 0 spiro atoms. The number of hydrogen-bond acceptors (Lipinski definition) is 5. The second-order valence-electron chi connectivity index (χ2n) is 12.4. The standard InChI is InChI=1S/C42H23N5O2/c48-40-38-36(49-42-44-32-14-6-8-16-34(32)47(40)42)22-21-35-37(38)29-12-4-7-15-33(29)46(35)41-43-31-13-5-3-11-28(31)39(45-41)26-20-19-25-18-17-24-9-1-2-10-27(24)30(25)23-26/h1-23H. The van der Waals surface area contributed by atoms with Gasteiger partial charge in [-0.1, -0.05) is 97.1 Å². The highest BCUT2D eigenvalue weighted by molar-refractivity contribution is 6.20. The van der Waals surface area contributed by atoms with Crippen molar-refractivity contribution in [3.8, 4) is 17.2 Å². The zero-order valence-electron chi connectivity index (χ0n) is 25.8. The van der Waals surface area contributed by atoms with Gasteiger partial charge in [-0.2, -0.15) is 4.98 Å². The Bertz CT molecular complexity index is 3260. The van der Waals surface area contributed by atoms with Gasteiger partial charge in [-0.05, 0) is 64.0 Å². The smallest absolute Gasteiger partial charge is 0.310 e. The van der Waals surface area contributed by atoms with Crippen LogP contribution in [0.3, 0.4) is 0 Å². The van der Waals surface area contributed by atoms with Gasteiger partial charge in [0, 0.05) is 21.7 Å². The first-order valence-corrected chi connectivity index (χ1v) is 16.2. The minimum atomic E-state index is -0.179. The molecule has 4 aromatic heterocycles. The average Bonchev–Trinajstić information content (AvgIpc) is 3.70. The van der Waals surface area contributed by atoms with E-state index in [2.05, 4.69) is 70.2 Å². The number of hydrogen-bond donors (Lipinski definition) is 0. The molecular formula is C42H23N5O2. The maximum Gasteiger partial charge on any atom is 0.310 e. The van der Waals surface area contributed by atoms with E-state index < -0.39 is 0 Å². The predicted octanol–water partition coefficient (Wildman–Crippen LogP) is 9.61. The minimum Gasteiger partial charge on any atom is -0.424 e.